The number of phenolic OH excluding ortho intramolecular Hbond substituents is 2. The van der Waals surface area contributed by atoms with Crippen LogP contribution in [0.15, 0.2) is 112 Å². The lowest BCUT2D eigenvalue weighted by Crippen LogP contribution is -2.39. The third-order valence-corrected chi connectivity index (χ3v) is 12.7. The number of ether oxygens (including phenoxy) is 2. The van der Waals surface area contributed by atoms with E-state index in [2.05, 4.69) is 6.58 Å². The van der Waals surface area contributed by atoms with Crippen molar-refractivity contribution in [3.8, 4) is 11.5 Å². The molecule has 0 unspecified atom stereocenters. The van der Waals surface area contributed by atoms with E-state index in [4.69, 9.17) is 9.47 Å². The van der Waals surface area contributed by atoms with E-state index in [1.54, 1.807) is 0 Å². The zero-order chi connectivity index (χ0) is 35.7. The molecule has 2 N–H and O–H groups in total. The maximum atomic E-state index is 14.0. The Labute approximate surface area is 303 Å². The maximum absolute atomic E-state index is 14.0. The monoisotopic (exact) mass is 748 g/mol. The molecule has 3 heterocycles. The van der Waals surface area contributed by atoms with E-state index in [0.717, 1.165) is 58.2 Å². The van der Waals surface area contributed by atoms with Crippen LogP contribution in [0.25, 0.3) is 0 Å². The van der Waals surface area contributed by atoms with Crippen molar-refractivity contribution in [2.24, 2.45) is 0 Å². The molecule has 2 amide bonds. The second-order valence-electron chi connectivity index (χ2n) is 11.1. The Morgan fingerprint density at radius 1 is 0.680 bits per heavy atom. The highest BCUT2D eigenvalue weighted by Crippen LogP contribution is 2.68. The lowest BCUT2D eigenvalue weighted by Gasteiger charge is -2.27. The first-order valence-electron chi connectivity index (χ1n) is 15.0. The minimum Gasteiger partial charge on any atom is -0.505 e. The number of hydrogen-bond donors (Lipinski definition) is 2. The fraction of sp³-hybridized carbons (Fsp3) is 0.171. The van der Waals surface area contributed by atoms with Gasteiger partial charge in [-0.05, 0) is 25.0 Å². The molecule has 0 atom stereocenters. The molecule has 3 aromatic rings. The second kappa shape index (κ2) is 14.7. The number of aromatic hydroxyl groups is 2. The van der Waals surface area contributed by atoms with E-state index in [0.29, 0.717) is 4.24 Å². The average molecular weight is 749 g/mol. The molecule has 0 radical (unpaired) electrons. The third-order valence-electron chi connectivity index (χ3n) is 7.45. The number of hydrogen-bond acceptors (Lipinski definition) is 13. The summed E-state index contributed by atoms with van der Waals surface area (Å²) in [6.45, 7) is 5.91. The molecule has 0 bridgehead atoms. The Morgan fingerprint density at radius 3 is 1.52 bits per heavy atom. The van der Waals surface area contributed by atoms with Gasteiger partial charge in [-0.1, -0.05) is 114 Å². The van der Waals surface area contributed by atoms with Crippen molar-refractivity contribution in [1.82, 2.24) is 10.0 Å². The van der Waals surface area contributed by atoms with Gasteiger partial charge in [0.05, 0.1) is 41.1 Å². The molecule has 1 saturated heterocycles. The molecule has 11 nitrogen and oxygen atoms in total. The van der Waals surface area contributed by atoms with Gasteiger partial charge in [-0.15, -0.1) is 0 Å². The zero-order valence-corrected chi connectivity index (χ0v) is 29.9. The van der Waals surface area contributed by atoms with Crippen LogP contribution in [0.3, 0.4) is 0 Å². The van der Waals surface area contributed by atoms with Gasteiger partial charge in [0.15, 0.2) is 5.78 Å². The van der Waals surface area contributed by atoms with Crippen LogP contribution in [0.5, 0.6) is 11.5 Å². The van der Waals surface area contributed by atoms with Crippen LogP contribution >= 0.6 is 47.0 Å². The maximum Gasteiger partial charge on any atom is 0.343 e. The Balaban J connectivity index is 1.27. The predicted octanol–water partition coefficient (Wildman–Crippen LogP) is 6.15. The van der Waals surface area contributed by atoms with Crippen LogP contribution < -0.4 is 0 Å². The summed E-state index contributed by atoms with van der Waals surface area (Å²) in [7, 11) is 0. The number of nitrogens with zero attached hydrogens (tertiary/aromatic N) is 2. The molecule has 3 aliphatic rings. The number of ketones is 1. The van der Waals surface area contributed by atoms with Crippen LogP contribution in [0.2, 0.25) is 0 Å². The number of esters is 2. The molecule has 3 aliphatic heterocycles. The number of fused-ring (bicyclic) bond motifs is 2. The number of thioether (sulfide) groups is 4. The largest absolute Gasteiger partial charge is 0.505 e. The van der Waals surface area contributed by atoms with Gasteiger partial charge in [0, 0.05) is 5.57 Å². The quantitative estimate of drug-likeness (QED) is 0.0610. The van der Waals surface area contributed by atoms with E-state index < -0.39 is 29.5 Å². The van der Waals surface area contributed by atoms with E-state index >= 15 is 0 Å². The highest BCUT2D eigenvalue weighted by Gasteiger charge is 2.46. The van der Waals surface area contributed by atoms with Crippen LogP contribution in [-0.4, -0.2) is 63.0 Å². The van der Waals surface area contributed by atoms with Gasteiger partial charge in [-0.3, -0.25) is 14.4 Å². The number of amides is 2. The van der Waals surface area contributed by atoms with Gasteiger partial charge >= 0.3 is 11.9 Å². The van der Waals surface area contributed by atoms with Crippen molar-refractivity contribution >= 4 is 76.6 Å². The van der Waals surface area contributed by atoms with Crippen LogP contribution in [-0.2, 0) is 46.5 Å². The van der Waals surface area contributed by atoms with Crippen molar-refractivity contribution in [2.45, 2.75) is 46.5 Å². The lowest BCUT2D eigenvalue weighted by atomic mass is 10.2. The molecular formula is C35H28N2O9S4. The topological polar surface area (TPSA) is 151 Å². The molecule has 0 aliphatic carbocycles. The summed E-state index contributed by atoms with van der Waals surface area (Å²) in [5.74, 6) is -3.65. The first-order valence-corrected chi connectivity index (χ1v) is 18.3. The Kier molecular flexibility index (Phi) is 10.4. The average Bonchev–Trinajstić information content (AvgIpc) is 3.79. The van der Waals surface area contributed by atoms with Crippen LogP contribution in [0, 0.1) is 0 Å². The Bertz CT molecular complexity index is 1920. The predicted molar refractivity (Wildman–Crippen MR) is 189 cm³/mol. The highest BCUT2D eigenvalue weighted by atomic mass is 32.2. The van der Waals surface area contributed by atoms with Gasteiger partial charge in [0.25, 0.3) is 11.8 Å². The summed E-state index contributed by atoms with van der Waals surface area (Å²) in [5.41, 5.74) is 1.49. The summed E-state index contributed by atoms with van der Waals surface area (Å²) in [4.78, 5) is 65.9. The molecule has 0 aromatic heterocycles. The van der Waals surface area contributed by atoms with Gasteiger partial charge in [-0.25, -0.2) is 19.6 Å². The number of rotatable bonds is 10. The standard InChI is InChI=1S/C35H28N2O9S4/c1-18(2)32(43)45-14-15-46-33(44)22(19(3)38)34-47-26-24(39)28-29(25(40)27(26)48-34)50-35(49-28)23-30(41)36(16-20-10-6-4-7-11-20)37(31(23)42)17-21-12-8-5-9-13-21/h4-13,39-40H,1,14-17H2,2-3H3. The van der Waals surface area contributed by atoms with Gasteiger partial charge in [0.2, 0.25) is 0 Å². The van der Waals surface area contributed by atoms with E-state index in [1.165, 1.54) is 23.9 Å². The van der Waals surface area contributed by atoms with E-state index in [-0.39, 0.29) is 78.3 Å². The number of carbonyl (C=O) groups is 5. The van der Waals surface area contributed by atoms with Gasteiger partial charge < -0.3 is 19.7 Å². The molecule has 3 aromatic carbocycles. The second-order valence-corrected chi connectivity index (χ2v) is 15.7. The number of Topliss-reactive ketones (excluding diaryl/α,β-unsaturated/α-hetero) is 1. The lowest BCUT2D eigenvalue weighted by molar-refractivity contribution is -0.149. The number of carbonyl (C=O) groups excluding carboxylic acids is 5. The molecular weight excluding hydrogens is 721 g/mol. The molecule has 6 rings (SSSR count). The van der Waals surface area contributed by atoms with E-state index in [1.807, 2.05) is 60.7 Å². The number of benzene rings is 3. The fourth-order valence-corrected chi connectivity index (χ4v) is 10.5. The van der Waals surface area contributed by atoms with Crippen molar-refractivity contribution in [2.75, 3.05) is 13.2 Å². The van der Waals surface area contributed by atoms with Crippen molar-refractivity contribution in [3.63, 3.8) is 0 Å². The third kappa shape index (κ3) is 6.90. The molecule has 0 spiro atoms. The van der Waals surface area contributed by atoms with Gasteiger partial charge in [0.1, 0.15) is 35.9 Å². The normalized spacial score (nSPS) is 15.0. The highest BCUT2D eigenvalue weighted by molar-refractivity contribution is 8.26. The van der Waals surface area contributed by atoms with Crippen LogP contribution in [0.4, 0.5) is 0 Å². The van der Waals surface area contributed by atoms with Gasteiger partial charge in [-0.2, -0.15) is 0 Å². The Hall–Kier alpha value is -4.57. The van der Waals surface area contributed by atoms with Crippen LogP contribution in [0.1, 0.15) is 25.0 Å². The van der Waals surface area contributed by atoms with Crippen molar-refractivity contribution in [3.05, 3.63) is 104 Å². The first kappa shape index (κ1) is 35.3. The summed E-state index contributed by atoms with van der Waals surface area (Å²) in [5, 5.41) is 25.7. The molecule has 0 saturated carbocycles. The summed E-state index contributed by atoms with van der Waals surface area (Å²) >= 11 is 3.83. The van der Waals surface area contributed by atoms with Crippen molar-refractivity contribution < 1.29 is 43.7 Å². The summed E-state index contributed by atoms with van der Waals surface area (Å²) in [6, 6.07) is 18.6. The minimum absolute atomic E-state index is 0.0709. The van der Waals surface area contributed by atoms with Crippen molar-refractivity contribution in [1.29, 1.82) is 0 Å². The number of phenols is 2. The molecule has 15 heteroatoms. The summed E-state index contributed by atoms with van der Waals surface area (Å²) in [6.07, 6.45) is 0. The van der Waals surface area contributed by atoms with E-state index in [9.17, 15) is 34.2 Å². The zero-order valence-electron chi connectivity index (χ0n) is 26.6. The molecule has 1 fully saturated rings. The molecule has 256 valence electrons. The summed E-state index contributed by atoms with van der Waals surface area (Å²) < 4.78 is 10.6. The SMILES string of the molecule is C=C(C)C(=O)OCCOC(=O)C(C(C)=O)=C1Sc2c(O)c3c(c(O)c2S1)SC(=C1C(=O)N(Cc2ccccc2)N(Cc2ccccc2)C1=O)S3. The Morgan fingerprint density at radius 2 is 1.10 bits per heavy atom. The minimum atomic E-state index is -0.952. The fourth-order valence-electron chi connectivity index (χ4n) is 5.04. The molecule has 50 heavy (non-hydrogen) atoms. The smallest absolute Gasteiger partial charge is 0.343 e. The first-order chi connectivity index (χ1) is 24.0. The number of hydrazine groups is 1.